The van der Waals surface area contributed by atoms with Gasteiger partial charge in [-0.2, -0.15) is 8.78 Å². The Labute approximate surface area is 187 Å². The van der Waals surface area contributed by atoms with Crippen molar-refractivity contribution in [3.63, 3.8) is 0 Å². The van der Waals surface area contributed by atoms with Crippen molar-refractivity contribution in [2.45, 2.75) is 25.0 Å². The molecule has 0 radical (unpaired) electrons. The number of halogens is 4. The lowest BCUT2D eigenvalue weighted by Gasteiger charge is -2.23. The van der Waals surface area contributed by atoms with Crippen molar-refractivity contribution in [3.8, 4) is 0 Å². The highest BCUT2D eigenvalue weighted by molar-refractivity contribution is 7.22. The van der Waals surface area contributed by atoms with Crippen molar-refractivity contribution in [1.82, 2.24) is 19.9 Å². The van der Waals surface area contributed by atoms with E-state index in [9.17, 15) is 23.7 Å². The number of nitro groups is 1. The van der Waals surface area contributed by atoms with Gasteiger partial charge in [0, 0.05) is 11.9 Å². The first kappa shape index (κ1) is 22.9. The molecule has 2 aromatic heterocycles. The third-order valence-corrected chi connectivity index (χ3v) is 5.38. The first-order valence-electron chi connectivity index (χ1n) is 8.54. The number of amides is 1. The first-order valence-corrected chi connectivity index (χ1v) is 10.1. The van der Waals surface area contributed by atoms with Crippen LogP contribution in [0.15, 0.2) is 24.4 Å². The topological polar surface area (TPSA) is 124 Å². The second-order valence-electron chi connectivity index (χ2n) is 6.10. The molecular formula is C16H14Cl2F2N6O4S. The molecule has 166 valence electrons. The number of alkyl carbamates (subject to hydrolysis) is 1. The second kappa shape index (κ2) is 9.16. The third-order valence-electron chi connectivity index (χ3n) is 3.98. The number of aromatic nitrogens is 3. The summed E-state index contributed by atoms with van der Waals surface area (Å²) >= 11 is 12.0. The highest BCUT2D eigenvalue weighted by atomic mass is 35.5. The van der Waals surface area contributed by atoms with Gasteiger partial charge in [-0.05, 0) is 34.7 Å². The molecular weight excluding hydrogens is 481 g/mol. The molecule has 0 aliphatic carbocycles. The van der Waals surface area contributed by atoms with E-state index < -0.39 is 22.6 Å². The molecule has 1 aromatic carbocycles. The number of nitrogens with zero attached hydrogens (tertiary/aromatic N) is 4. The zero-order valence-electron chi connectivity index (χ0n) is 15.6. The van der Waals surface area contributed by atoms with Gasteiger partial charge in [0.15, 0.2) is 17.1 Å². The van der Waals surface area contributed by atoms with Gasteiger partial charge in [-0.15, -0.1) is 0 Å². The molecule has 1 atom stereocenters. The van der Waals surface area contributed by atoms with Crippen molar-refractivity contribution in [3.05, 3.63) is 45.4 Å². The summed E-state index contributed by atoms with van der Waals surface area (Å²) in [6, 6.07) is 4.84. The number of imidazole rings is 1. The molecule has 3 aromatic rings. The summed E-state index contributed by atoms with van der Waals surface area (Å²) in [5.74, 6) is 0.0442. The van der Waals surface area contributed by atoms with E-state index in [1.165, 1.54) is 11.5 Å². The molecule has 1 amide bonds. The lowest BCUT2D eigenvalue weighted by molar-refractivity contribution is -0.392. The largest absolute Gasteiger partial charge is 0.445 e. The van der Waals surface area contributed by atoms with E-state index in [-0.39, 0.29) is 24.1 Å². The molecule has 0 aliphatic heterocycles. The number of fused-ring (bicyclic) bond motifs is 1. The second-order valence-corrected chi connectivity index (χ2v) is 8.07. The van der Waals surface area contributed by atoms with Crippen LogP contribution in [0.4, 0.5) is 24.5 Å². The van der Waals surface area contributed by atoms with Crippen LogP contribution in [-0.4, -0.2) is 43.7 Å². The Kier molecular flexibility index (Phi) is 6.77. The molecule has 15 heteroatoms. The number of rotatable bonds is 8. The molecule has 0 saturated carbocycles. The number of benzene rings is 1. The van der Waals surface area contributed by atoms with Gasteiger partial charge in [0.25, 0.3) is 0 Å². The Morgan fingerprint density at radius 3 is 2.90 bits per heavy atom. The number of ether oxygens (including phenoxy) is 1. The molecule has 0 fully saturated rings. The zero-order chi connectivity index (χ0) is 22.8. The monoisotopic (exact) mass is 494 g/mol. The van der Waals surface area contributed by atoms with Crippen LogP contribution in [0.2, 0.25) is 5.02 Å². The molecule has 2 heterocycles. The number of aryl methyl sites for hydroxylation is 1. The summed E-state index contributed by atoms with van der Waals surface area (Å²) in [7, 11) is 0. The summed E-state index contributed by atoms with van der Waals surface area (Å²) in [6.45, 7) is 1.11. The predicted octanol–water partition coefficient (Wildman–Crippen LogP) is 4.36. The lowest BCUT2D eigenvalue weighted by atomic mass is 10.3. The minimum absolute atomic E-state index is 0.0764. The van der Waals surface area contributed by atoms with Crippen LogP contribution in [0.3, 0.4) is 0 Å². The minimum Gasteiger partial charge on any atom is -0.445 e. The number of hydrogen-bond donors (Lipinski definition) is 2. The van der Waals surface area contributed by atoms with Crippen LogP contribution < -0.4 is 10.6 Å². The molecule has 31 heavy (non-hydrogen) atoms. The van der Waals surface area contributed by atoms with Crippen molar-refractivity contribution in [2.75, 3.05) is 11.9 Å². The van der Waals surface area contributed by atoms with Crippen molar-refractivity contribution < 1.29 is 23.2 Å². The van der Waals surface area contributed by atoms with Gasteiger partial charge >= 0.3 is 17.3 Å². The molecule has 10 nitrogen and oxygen atoms in total. The van der Waals surface area contributed by atoms with E-state index >= 15 is 0 Å². The smallest absolute Gasteiger partial charge is 0.409 e. The maximum atomic E-state index is 13.8. The normalized spacial score (nSPS) is 12.5. The first-order chi connectivity index (χ1) is 14.5. The molecule has 0 aliphatic rings. The Balaban J connectivity index is 1.62. The Morgan fingerprint density at radius 1 is 1.48 bits per heavy atom. The molecule has 1 unspecified atom stereocenters. The zero-order valence-corrected chi connectivity index (χ0v) is 18.0. The molecule has 0 saturated heterocycles. The lowest BCUT2D eigenvalue weighted by Crippen LogP contribution is -2.50. The fourth-order valence-corrected chi connectivity index (χ4v) is 3.83. The SMILES string of the molecule is Cc1ncc([N+](=O)[O-])n1CCOC(=O)NC(Nc1nc2ccc(Cl)cc2s1)C(F)(F)Cl. The van der Waals surface area contributed by atoms with E-state index in [1.54, 1.807) is 18.2 Å². The van der Waals surface area contributed by atoms with Crippen LogP contribution in [-0.2, 0) is 11.3 Å². The number of thiazole rings is 1. The number of hydrogen-bond acceptors (Lipinski definition) is 8. The van der Waals surface area contributed by atoms with Gasteiger partial charge in [0.2, 0.25) is 0 Å². The summed E-state index contributed by atoms with van der Waals surface area (Å²) in [4.78, 5) is 30.2. The van der Waals surface area contributed by atoms with Crippen LogP contribution >= 0.6 is 34.5 Å². The van der Waals surface area contributed by atoms with Crippen molar-refractivity contribution in [2.24, 2.45) is 0 Å². The predicted molar refractivity (Wildman–Crippen MR) is 111 cm³/mol. The van der Waals surface area contributed by atoms with Gasteiger partial charge < -0.3 is 20.2 Å². The van der Waals surface area contributed by atoms with Gasteiger partial charge in [-0.25, -0.2) is 19.3 Å². The number of nitrogens with one attached hydrogen (secondary N) is 2. The van der Waals surface area contributed by atoms with E-state index in [0.717, 1.165) is 17.5 Å². The third kappa shape index (κ3) is 5.68. The summed E-state index contributed by atoms with van der Waals surface area (Å²) in [6.07, 6.45) is -2.18. The van der Waals surface area contributed by atoms with Gasteiger partial charge in [-0.1, -0.05) is 22.9 Å². The Morgan fingerprint density at radius 2 is 2.23 bits per heavy atom. The number of alkyl halides is 3. The van der Waals surface area contributed by atoms with Gasteiger partial charge in [-0.3, -0.25) is 5.32 Å². The minimum atomic E-state index is -3.88. The van der Waals surface area contributed by atoms with Crippen molar-refractivity contribution >= 4 is 61.8 Å². The summed E-state index contributed by atoms with van der Waals surface area (Å²) in [5.41, 5.74) is 0.522. The number of anilines is 1. The molecule has 3 rings (SSSR count). The maximum Gasteiger partial charge on any atom is 0.409 e. The Hall–Kier alpha value is -2.77. The van der Waals surface area contributed by atoms with Gasteiger partial charge in [0.1, 0.15) is 19.3 Å². The van der Waals surface area contributed by atoms with Crippen LogP contribution in [0.25, 0.3) is 10.2 Å². The fourth-order valence-electron chi connectivity index (χ4n) is 2.55. The van der Waals surface area contributed by atoms with E-state index in [4.69, 9.17) is 27.9 Å². The fraction of sp³-hybridized carbons (Fsp3) is 0.312. The highest BCUT2D eigenvalue weighted by Crippen LogP contribution is 2.31. The van der Waals surface area contributed by atoms with Crippen LogP contribution in [0.1, 0.15) is 5.82 Å². The number of carbonyl (C=O) groups is 1. The quantitative estimate of drug-likeness (QED) is 0.206. The molecule has 0 spiro atoms. The van der Waals surface area contributed by atoms with Gasteiger partial charge in [0.05, 0.1) is 10.2 Å². The van der Waals surface area contributed by atoms with E-state index in [1.807, 2.05) is 5.32 Å². The summed E-state index contributed by atoms with van der Waals surface area (Å²) in [5, 5.41) is 11.9. The standard InChI is InChI=1S/C16H14Cl2F2N6O4S/c1-8-21-7-12(26(28)29)25(8)4-5-30-15(27)24-13(16(18,19)20)23-14-22-10-3-2-9(17)6-11(10)31-14/h2-3,6-7,13H,4-5H2,1H3,(H,22,23)(H,24,27). The molecule has 0 bridgehead atoms. The van der Waals surface area contributed by atoms with Crippen molar-refractivity contribution in [1.29, 1.82) is 0 Å². The van der Waals surface area contributed by atoms with Crippen LogP contribution in [0, 0.1) is 17.0 Å². The maximum absolute atomic E-state index is 13.8. The van der Waals surface area contributed by atoms with Crippen LogP contribution in [0.5, 0.6) is 0 Å². The van der Waals surface area contributed by atoms with E-state index in [0.29, 0.717) is 21.1 Å². The number of carbonyl (C=O) groups excluding carboxylic acids is 1. The average molecular weight is 495 g/mol. The highest BCUT2D eigenvalue weighted by Gasteiger charge is 2.39. The Bertz CT molecular complexity index is 1120. The molecule has 2 N–H and O–H groups in total. The average Bonchev–Trinajstić information content (AvgIpc) is 3.23. The summed E-state index contributed by atoms with van der Waals surface area (Å²) < 4.78 is 34.3. The van der Waals surface area contributed by atoms with E-state index in [2.05, 4.69) is 15.3 Å².